The van der Waals surface area contributed by atoms with Crippen molar-refractivity contribution < 1.29 is 10.0 Å². The van der Waals surface area contributed by atoms with Crippen LogP contribution in [0.3, 0.4) is 0 Å². The van der Waals surface area contributed by atoms with Gasteiger partial charge in [0.05, 0.1) is 4.92 Å². The summed E-state index contributed by atoms with van der Waals surface area (Å²) < 4.78 is 0. The molecule has 0 spiro atoms. The first-order chi connectivity index (χ1) is 11.4. The number of anilines is 1. The molecule has 0 saturated heterocycles. The molecule has 3 N–H and O–H groups in total. The molecule has 0 aliphatic heterocycles. The van der Waals surface area contributed by atoms with E-state index < -0.39 is 4.92 Å². The number of hydrogen-bond acceptors (Lipinski definition) is 4. The zero-order valence-corrected chi connectivity index (χ0v) is 14.3. The Labute approximate surface area is 145 Å². The number of thiocarbonyl (C=S) groups is 1. The molecule has 2 aromatic rings. The van der Waals surface area contributed by atoms with Crippen molar-refractivity contribution in [1.29, 1.82) is 0 Å². The van der Waals surface area contributed by atoms with Gasteiger partial charge < -0.3 is 15.7 Å². The molecule has 0 fully saturated rings. The molecule has 0 bridgehead atoms. The number of nitrogens with zero attached hydrogens (tertiary/aromatic N) is 1. The molecule has 0 radical (unpaired) electrons. The van der Waals surface area contributed by atoms with Gasteiger partial charge in [0.2, 0.25) is 0 Å². The van der Waals surface area contributed by atoms with Crippen LogP contribution in [0.15, 0.2) is 42.5 Å². The highest BCUT2D eigenvalue weighted by molar-refractivity contribution is 7.80. The van der Waals surface area contributed by atoms with Crippen LogP contribution < -0.4 is 10.6 Å². The number of non-ortho nitro benzene ring substituents is 1. The first kappa shape index (κ1) is 17.7. The molecule has 0 aromatic heterocycles. The van der Waals surface area contributed by atoms with Crippen molar-refractivity contribution in [3.05, 3.63) is 63.7 Å². The molecule has 0 amide bonds. The second-order valence-corrected chi connectivity index (χ2v) is 6.06. The Balaban J connectivity index is 1.96. The quantitative estimate of drug-likeness (QED) is 0.433. The van der Waals surface area contributed by atoms with Crippen LogP contribution in [0.5, 0.6) is 5.75 Å². The number of phenolic OH excluding ortho intramolecular Hbond substituents is 1. The minimum atomic E-state index is -0.504. The van der Waals surface area contributed by atoms with E-state index in [9.17, 15) is 15.2 Å². The van der Waals surface area contributed by atoms with E-state index in [1.807, 2.05) is 24.3 Å². The maximum atomic E-state index is 10.8. The van der Waals surface area contributed by atoms with Crippen LogP contribution in [0.1, 0.15) is 30.9 Å². The number of nitro groups is 1. The van der Waals surface area contributed by atoms with E-state index >= 15 is 0 Å². The molecular formula is C17H19N3O3S. The Hall–Kier alpha value is -2.67. The Morgan fingerprint density at radius 1 is 1.25 bits per heavy atom. The lowest BCUT2D eigenvalue weighted by atomic mass is 10.0. The lowest BCUT2D eigenvalue weighted by Crippen LogP contribution is -2.27. The smallest absolute Gasteiger partial charge is 0.270 e. The fourth-order valence-electron chi connectivity index (χ4n) is 2.13. The van der Waals surface area contributed by atoms with E-state index in [0.717, 1.165) is 5.69 Å². The number of hydrogen-bond donors (Lipinski definition) is 3. The second kappa shape index (κ2) is 7.74. The van der Waals surface area contributed by atoms with Gasteiger partial charge in [-0.15, -0.1) is 0 Å². The lowest BCUT2D eigenvalue weighted by Gasteiger charge is -2.12. The predicted molar refractivity (Wildman–Crippen MR) is 98.4 cm³/mol. The van der Waals surface area contributed by atoms with Gasteiger partial charge in [-0.25, -0.2) is 0 Å². The topological polar surface area (TPSA) is 87.4 Å². The highest BCUT2D eigenvalue weighted by atomic mass is 32.1. The monoisotopic (exact) mass is 345 g/mol. The number of benzene rings is 2. The van der Waals surface area contributed by atoms with Gasteiger partial charge in [-0.2, -0.15) is 0 Å². The summed E-state index contributed by atoms with van der Waals surface area (Å²) in [5.41, 5.74) is 2.41. The fourth-order valence-corrected chi connectivity index (χ4v) is 2.32. The minimum absolute atomic E-state index is 0.0165. The Kier molecular flexibility index (Phi) is 5.70. The van der Waals surface area contributed by atoms with Crippen molar-refractivity contribution in [2.45, 2.75) is 26.3 Å². The van der Waals surface area contributed by atoms with Crippen LogP contribution in [0, 0.1) is 10.1 Å². The van der Waals surface area contributed by atoms with Crippen LogP contribution in [0.2, 0.25) is 0 Å². The van der Waals surface area contributed by atoms with E-state index in [1.54, 1.807) is 0 Å². The third-order valence-electron chi connectivity index (χ3n) is 3.55. The maximum absolute atomic E-state index is 10.8. The van der Waals surface area contributed by atoms with Crippen LogP contribution in [0.4, 0.5) is 11.4 Å². The van der Waals surface area contributed by atoms with Crippen molar-refractivity contribution in [1.82, 2.24) is 5.32 Å². The van der Waals surface area contributed by atoms with Crippen molar-refractivity contribution >= 4 is 28.7 Å². The molecule has 0 atom stereocenters. The number of nitro benzene ring substituents is 1. The molecule has 7 heteroatoms. The number of rotatable bonds is 5. The van der Waals surface area contributed by atoms with Crippen molar-refractivity contribution in [3.8, 4) is 5.75 Å². The third kappa shape index (κ3) is 4.66. The lowest BCUT2D eigenvalue weighted by molar-refractivity contribution is -0.384. The van der Waals surface area contributed by atoms with Crippen molar-refractivity contribution in [2.75, 3.05) is 5.32 Å². The van der Waals surface area contributed by atoms with Gasteiger partial charge >= 0.3 is 0 Å². The van der Waals surface area contributed by atoms with Crippen LogP contribution >= 0.6 is 12.2 Å². The van der Waals surface area contributed by atoms with Gasteiger partial charge in [0.25, 0.3) is 5.69 Å². The summed E-state index contributed by atoms with van der Waals surface area (Å²) in [6.45, 7) is 4.43. The molecule has 0 aliphatic rings. The standard InChI is InChI=1S/C17H19N3O3S/c1-11(2)12-3-5-14(6-4-12)19-17(24)18-10-13-9-15(20(22)23)7-8-16(13)21/h3-9,11,21H,10H2,1-2H3,(H2,18,19,24). The van der Waals surface area contributed by atoms with Crippen LogP contribution in [-0.4, -0.2) is 15.1 Å². The van der Waals surface area contributed by atoms with E-state index in [-0.39, 0.29) is 18.0 Å². The maximum Gasteiger partial charge on any atom is 0.270 e. The number of nitrogens with one attached hydrogen (secondary N) is 2. The predicted octanol–water partition coefficient (Wildman–Crippen LogP) is 3.91. The average molecular weight is 345 g/mol. The summed E-state index contributed by atoms with van der Waals surface area (Å²) >= 11 is 5.21. The third-order valence-corrected chi connectivity index (χ3v) is 3.79. The highest BCUT2D eigenvalue weighted by Crippen LogP contribution is 2.22. The molecule has 2 aromatic carbocycles. The Morgan fingerprint density at radius 2 is 1.92 bits per heavy atom. The molecule has 0 aliphatic carbocycles. The molecular weight excluding hydrogens is 326 g/mol. The normalized spacial score (nSPS) is 10.5. The first-order valence-corrected chi connectivity index (χ1v) is 7.88. The Bertz CT molecular complexity index is 745. The first-order valence-electron chi connectivity index (χ1n) is 7.48. The molecule has 24 heavy (non-hydrogen) atoms. The Morgan fingerprint density at radius 3 is 2.50 bits per heavy atom. The molecule has 126 valence electrons. The fraction of sp³-hybridized carbons (Fsp3) is 0.235. The van der Waals surface area contributed by atoms with Gasteiger partial charge in [0.15, 0.2) is 5.11 Å². The molecule has 0 unspecified atom stereocenters. The minimum Gasteiger partial charge on any atom is -0.508 e. The van der Waals surface area contributed by atoms with E-state index in [2.05, 4.69) is 24.5 Å². The summed E-state index contributed by atoms with van der Waals surface area (Å²) in [6.07, 6.45) is 0. The largest absolute Gasteiger partial charge is 0.508 e. The van der Waals surface area contributed by atoms with Gasteiger partial charge in [0, 0.05) is 29.9 Å². The second-order valence-electron chi connectivity index (χ2n) is 5.65. The SMILES string of the molecule is CC(C)c1ccc(NC(=S)NCc2cc([N+](=O)[O-])ccc2O)cc1. The number of aromatic hydroxyl groups is 1. The van der Waals surface area contributed by atoms with Crippen molar-refractivity contribution in [2.24, 2.45) is 0 Å². The summed E-state index contributed by atoms with van der Waals surface area (Å²) in [5.74, 6) is 0.443. The van der Waals surface area contributed by atoms with Crippen LogP contribution in [0.25, 0.3) is 0 Å². The average Bonchev–Trinajstić information content (AvgIpc) is 2.54. The van der Waals surface area contributed by atoms with E-state index in [0.29, 0.717) is 16.6 Å². The molecule has 0 saturated carbocycles. The van der Waals surface area contributed by atoms with Crippen LogP contribution in [-0.2, 0) is 6.54 Å². The summed E-state index contributed by atoms with van der Waals surface area (Å²) in [6, 6.07) is 11.8. The zero-order chi connectivity index (χ0) is 17.7. The zero-order valence-electron chi connectivity index (χ0n) is 13.4. The van der Waals surface area contributed by atoms with E-state index in [1.165, 1.54) is 23.8 Å². The van der Waals surface area contributed by atoms with Crippen molar-refractivity contribution in [3.63, 3.8) is 0 Å². The van der Waals surface area contributed by atoms with Gasteiger partial charge in [-0.1, -0.05) is 26.0 Å². The number of phenols is 1. The van der Waals surface area contributed by atoms with Gasteiger partial charge in [-0.05, 0) is 41.9 Å². The molecule has 2 rings (SSSR count). The van der Waals surface area contributed by atoms with Gasteiger partial charge in [0.1, 0.15) is 5.75 Å². The summed E-state index contributed by atoms with van der Waals surface area (Å²) in [7, 11) is 0. The van der Waals surface area contributed by atoms with E-state index in [4.69, 9.17) is 12.2 Å². The highest BCUT2D eigenvalue weighted by Gasteiger charge is 2.10. The summed E-state index contributed by atoms with van der Waals surface area (Å²) in [4.78, 5) is 10.3. The molecule has 6 nitrogen and oxygen atoms in total. The molecule has 0 heterocycles. The van der Waals surface area contributed by atoms with Gasteiger partial charge in [-0.3, -0.25) is 10.1 Å². The summed E-state index contributed by atoms with van der Waals surface area (Å²) in [5, 5.41) is 26.9.